The number of alkyl halides is 6. The molecule has 1 aromatic carbocycles. The zero-order valence-corrected chi connectivity index (χ0v) is 11.7. The van der Waals surface area contributed by atoms with Crippen molar-refractivity contribution in [1.29, 1.82) is 0 Å². The molecule has 0 amide bonds. The van der Waals surface area contributed by atoms with Crippen molar-refractivity contribution in [3.05, 3.63) is 29.8 Å². The molecule has 1 aromatic rings. The molecule has 1 rings (SSSR count). The quantitative estimate of drug-likeness (QED) is 0.564. The highest BCUT2D eigenvalue weighted by atomic mass is 28.3. The highest BCUT2D eigenvalue weighted by Gasteiger charge is 2.71. The molecule has 0 bridgehead atoms. The third-order valence-corrected chi connectivity index (χ3v) is 7.04. The van der Waals surface area contributed by atoms with Crippen molar-refractivity contribution in [1.82, 2.24) is 0 Å². The molecule has 0 saturated heterocycles. The highest BCUT2D eigenvalue weighted by molar-refractivity contribution is 6.94. The van der Waals surface area contributed by atoms with E-state index in [4.69, 9.17) is 0 Å². The molecule has 0 fully saturated rings. The second kappa shape index (κ2) is 4.85. The summed E-state index contributed by atoms with van der Waals surface area (Å²) in [6, 6.07) is 4.59. The van der Waals surface area contributed by atoms with Gasteiger partial charge in [0, 0.05) is 0 Å². The predicted octanol–water partition coefficient (Wildman–Crippen LogP) is 4.30. The normalized spacial score (nSPS) is 14.0. The van der Waals surface area contributed by atoms with E-state index in [1.165, 1.54) is 12.1 Å². The Kier molecular flexibility index (Phi) is 4.10. The Morgan fingerprint density at radius 2 is 1.21 bits per heavy atom. The molecule has 0 spiro atoms. The summed E-state index contributed by atoms with van der Waals surface area (Å²) in [5, 5.41) is -0.656. The van der Waals surface area contributed by atoms with Gasteiger partial charge in [-0.1, -0.05) is 38.1 Å². The molecule has 0 atom stereocenters. The summed E-state index contributed by atoms with van der Waals surface area (Å²) in [6.07, 6.45) is 0. The third kappa shape index (κ3) is 2.80. The second-order valence-electron chi connectivity index (χ2n) is 4.90. The van der Waals surface area contributed by atoms with Crippen LogP contribution in [0.3, 0.4) is 0 Å². The van der Waals surface area contributed by atoms with Gasteiger partial charge < -0.3 is 0 Å². The molecular weight excluding hydrogens is 286 g/mol. The average Bonchev–Trinajstić information content (AvgIpc) is 2.25. The highest BCUT2D eigenvalue weighted by Crippen LogP contribution is 2.40. The Labute approximate surface area is 108 Å². The first kappa shape index (κ1) is 16.1. The van der Waals surface area contributed by atoms with Crippen LogP contribution in [0.25, 0.3) is 0 Å². The van der Waals surface area contributed by atoms with Crippen LogP contribution in [0.2, 0.25) is 6.55 Å². The maximum atomic E-state index is 12.9. The number of rotatable bonds is 2. The SMILES string of the molecule is CC(C)c1ccc([Si](C)(C(F)(F)F)C(F)(F)F)cc1. The van der Waals surface area contributed by atoms with Crippen LogP contribution < -0.4 is 5.19 Å². The minimum Gasteiger partial charge on any atom is -0.176 e. The molecule has 0 nitrogen and oxygen atoms in total. The minimum atomic E-state index is -5.59. The molecule has 0 heterocycles. The van der Waals surface area contributed by atoms with Crippen molar-refractivity contribution in [2.75, 3.05) is 0 Å². The lowest BCUT2D eigenvalue weighted by atomic mass is 10.0. The third-order valence-electron chi connectivity index (χ3n) is 3.29. The van der Waals surface area contributed by atoms with E-state index in [1.54, 1.807) is 0 Å². The van der Waals surface area contributed by atoms with E-state index in [0.29, 0.717) is 12.1 Å². The monoisotopic (exact) mass is 300 g/mol. The second-order valence-corrected chi connectivity index (χ2v) is 8.86. The van der Waals surface area contributed by atoms with Crippen LogP contribution in [0, 0.1) is 0 Å². The van der Waals surface area contributed by atoms with E-state index >= 15 is 0 Å². The first-order valence-corrected chi connectivity index (χ1v) is 8.15. The molecule has 7 heteroatoms. The van der Waals surface area contributed by atoms with Crippen LogP contribution >= 0.6 is 0 Å². The fourth-order valence-corrected chi connectivity index (χ4v) is 3.50. The molecule has 0 saturated carbocycles. The lowest BCUT2D eigenvalue weighted by Crippen LogP contribution is -2.68. The van der Waals surface area contributed by atoms with Gasteiger partial charge in [-0.3, -0.25) is 0 Å². The summed E-state index contributed by atoms with van der Waals surface area (Å²) >= 11 is 0. The first-order chi connectivity index (χ1) is 8.41. The number of hydrogen-bond donors (Lipinski definition) is 0. The van der Waals surface area contributed by atoms with Crippen molar-refractivity contribution < 1.29 is 26.3 Å². The molecule has 0 aromatic heterocycles. The lowest BCUT2D eigenvalue weighted by Gasteiger charge is -2.31. The molecule has 19 heavy (non-hydrogen) atoms. The van der Waals surface area contributed by atoms with E-state index in [9.17, 15) is 26.3 Å². The van der Waals surface area contributed by atoms with Gasteiger partial charge >= 0.3 is 19.7 Å². The average molecular weight is 300 g/mol. The number of halogens is 6. The van der Waals surface area contributed by atoms with Gasteiger partial charge in [0.15, 0.2) is 0 Å². The number of benzene rings is 1. The summed E-state index contributed by atoms with van der Waals surface area (Å²) in [5.41, 5.74) is 0.712. The van der Waals surface area contributed by atoms with Gasteiger partial charge in [-0.05, 0) is 23.2 Å². The van der Waals surface area contributed by atoms with Gasteiger partial charge in [0.1, 0.15) is 0 Å². The Balaban J connectivity index is 3.36. The van der Waals surface area contributed by atoms with Gasteiger partial charge in [0.05, 0.1) is 0 Å². The molecule has 0 N–H and O–H groups in total. The van der Waals surface area contributed by atoms with Crippen LogP contribution in [-0.4, -0.2) is 19.7 Å². The summed E-state index contributed by atoms with van der Waals surface area (Å²) in [4.78, 5) is 0. The summed E-state index contributed by atoms with van der Waals surface area (Å²) in [6.45, 7) is 3.94. The van der Waals surface area contributed by atoms with Crippen molar-refractivity contribution in [3.63, 3.8) is 0 Å². The topological polar surface area (TPSA) is 0 Å². The standard InChI is InChI=1S/C12H14F6Si/c1-8(2)9-4-6-10(7-5-9)19(3,11(13,14)15)12(16,17)18/h4-8H,1-3H3. The van der Waals surface area contributed by atoms with E-state index in [1.807, 2.05) is 13.8 Å². The largest absolute Gasteiger partial charge is 0.376 e. The van der Waals surface area contributed by atoms with Crippen molar-refractivity contribution in [3.8, 4) is 0 Å². The Morgan fingerprint density at radius 1 is 0.842 bits per heavy atom. The summed E-state index contributed by atoms with van der Waals surface area (Å²) < 4.78 is 77.3. The first-order valence-electron chi connectivity index (χ1n) is 5.65. The summed E-state index contributed by atoms with van der Waals surface area (Å²) in [5.74, 6) is -10.5. The van der Waals surface area contributed by atoms with Crippen molar-refractivity contribution >= 4 is 13.3 Å². The van der Waals surface area contributed by atoms with Crippen molar-refractivity contribution in [2.24, 2.45) is 0 Å². The summed E-state index contributed by atoms with van der Waals surface area (Å²) in [7, 11) is -5.59. The van der Waals surface area contributed by atoms with Gasteiger partial charge in [-0.25, -0.2) is 0 Å². The van der Waals surface area contributed by atoms with Gasteiger partial charge in [-0.2, -0.15) is 26.3 Å². The molecule has 0 aliphatic rings. The van der Waals surface area contributed by atoms with Gasteiger partial charge in [0.2, 0.25) is 0 Å². The Morgan fingerprint density at radius 3 is 1.47 bits per heavy atom. The zero-order chi connectivity index (χ0) is 15.1. The van der Waals surface area contributed by atoms with Gasteiger partial charge in [0.25, 0.3) is 0 Å². The maximum absolute atomic E-state index is 12.9. The van der Waals surface area contributed by atoms with Crippen molar-refractivity contribution in [2.45, 2.75) is 37.9 Å². The van der Waals surface area contributed by atoms with E-state index in [0.717, 1.165) is 12.1 Å². The Hall–Kier alpha value is -0.983. The number of hydrogen-bond acceptors (Lipinski definition) is 0. The van der Waals surface area contributed by atoms with Crippen LogP contribution in [0.4, 0.5) is 26.3 Å². The smallest absolute Gasteiger partial charge is 0.176 e. The van der Waals surface area contributed by atoms with Crippen LogP contribution in [-0.2, 0) is 0 Å². The van der Waals surface area contributed by atoms with Gasteiger partial charge in [-0.15, -0.1) is 0 Å². The minimum absolute atomic E-state index is 0.0544. The Bertz CT molecular complexity index is 415. The molecule has 108 valence electrons. The lowest BCUT2D eigenvalue weighted by molar-refractivity contribution is -0.109. The molecule has 0 radical (unpaired) electrons. The zero-order valence-electron chi connectivity index (χ0n) is 10.7. The van der Waals surface area contributed by atoms with E-state index in [2.05, 4.69) is 0 Å². The fourth-order valence-electron chi connectivity index (χ4n) is 1.69. The van der Waals surface area contributed by atoms with Crippen LogP contribution in [0.15, 0.2) is 24.3 Å². The van der Waals surface area contributed by atoms with Crippen LogP contribution in [0.1, 0.15) is 25.3 Å². The fraction of sp³-hybridized carbons (Fsp3) is 0.500. The van der Waals surface area contributed by atoms with E-state index in [-0.39, 0.29) is 5.92 Å². The molecule has 0 unspecified atom stereocenters. The predicted molar refractivity (Wildman–Crippen MR) is 63.9 cm³/mol. The molecular formula is C12H14F6Si. The van der Waals surface area contributed by atoms with Crippen LogP contribution in [0.5, 0.6) is 0 Å². The maximum Gasteiger partial charge on any atom is 0.376 e. The molecule has 0 aliphatic heterocycles. The molecule has 0 aliphatic carbocycles. The van der Waals surface area contributed by atoms with E-state index < -0.39 is 24.9 Å².